The summed E-state index contributed by atoms with van der Waals surface area (Å²) >= 11 is 2.93. The van der Waals surface area contributed by atoms with Crippen LogP contribution in [0.1, 0.15) is 30.9 Å². The van der Waals surface area contributed by atoms with Crippen molar-refractivity contribution in [3.8, 4) is 0 Å². The van der Waals surface area contributed by atoms with Crippen molar-refractivity contribution in [2.75, 3.05) is 16.4 Å². The zero-order chi connectivity index (χ0) is 25.8. The fourth-order valence-electron chi connectivity index (χ4n) is 4.14. The molecule has 0 spiro atoms. The molecular formula is C30H27N3O2S2. The number of aromatic nitrogens is 1. The third-order valence-electron chi connectivity index (χ3n) is 6.07. The van der Waals surface area contributed by atoms with Gasteiger partial charge < -0.3 is 10.6 Å². The summed E-state index contributed by atoms with van der Waals surface area (Å²) in [6.07, 6.45) is 0.304. The van der Waals surface area contributed by atoms with Crippen molar-refractivity contribution in [2.45, 2.75) is 30.5 Å². The molecule has 0 bridgehead atoms. The zero-order valence-corrected chi connectivity index (χ0v) is 22.3. The highest BCUT2D eigenvalue weighted by molar-refractivity contribution is 8.01. The first-order chi connectivity index (χ1) is 17.9. The molecule has 0 fully saturated rings. The Kier molecular flexibility index (Phi) is 7.53. The van der Waals surface area contributed by atoms with E-state index in [0.29, 0.717) is 12.3 Å². The number of amides is 2. The van der Waals surface area contributed by atoms with E-state index in [1.165, 1.54) is 28.7 Å². The molecule has 0 radical (unpaired) electrons. The van der Waals surface area contributed by atoms with Crippen LogP contribution in [0.15, 0.2) is 89.3 Å². The molecule has 186 valence electrons. The van der Waals surface area contributed by atoms with Crippen LogP contribution in [0.2, 0.25) is 0 Å². The molecule has 5 rings (SSSR count). The van der Waals surface area contributed by atoms with Gasteiger partial charge in [-0.05, 0) is 58.1 Å². The first-order valence-electron chi connectivity index (χ1n) is 12.1. The van der Waals surface area contributed by atoms with Crippen LogP contribution in [0, 0.1) is 0 Å². The fraction of sp³-hybridized carbons (Fsp3) is 0.167. The number of benzene rings is 4. The molecule has 37 heavy (non-hydrogen) atoms. The Morgan fingerprint density at radius 1 is 0.865 bits per heavy atom. The summed E-state index contributed by atoms with van der Waals surface area (Å²) in [7, 11) is 0. The molecule has 4 aromatic carbocycles. The first-order valence-corrected chi connectivity index (χ1v) is 13.9. The number of hydrogen-bond donors (Lipinski definition) is 2. The van der Waals surface area contributed by atoms with E-state index in [2.05, 4.69) is 41.6 Å². The van der Waals surface area contributed by atoms with E-state index in [-0.39, 0.29) is 17.6 Å². The van der Waals surface area contributed by atoms with Crippen LogP contribution in [-0.4, -0.2) is 22.6 Å². The highest BCUT2D eigenvalue weighted by atomic mass is 32.2. The Bertz CT molecular complexity index is 1570. The van der Waals surface area contributed by atoms with Gasteiger partial charge in [0.2, 0.25) is 11.8 Å². The maximum Gasteiger partial charge on any atom is 0.234 e. The van der Waals surface area contributed by atoms with Gasteiger partial charge in [-0.2, -0.15) is 0 Å². The van der Waals surface area contributed by atoms with Crippen molar-refractivity contribution in [1.82, 2.24) is 4.98 Å². The number of thioether (sulfide) groups is 1. The van der Waals surface area contributed by atoms with Gasteiger partial charge >= 0.3 is 0 Å². The first kappa shape index (κ1) is 25.0. The molecule has 0 aliphatic rings. The fourth-order valence-corrected chi connectivity index (χ4v) is 6.05. The summed E-state index contributed by atoms with van der Waals surface area (Å²) in [5.41, 5.74) is 4.63. The van der Waals surface area contributed by atoms with E-state index in [9.17, 15) is 9.59 Å². The molecule has 0 unspecified atom stereocenters. The summed E-state index contributed by atoms with van der Waals surface area (Å²) < 4.78 is 1.79. The molecule has 0 aliphatic carbocycles. The lowest BCUT2D eigenvalue weighted by molar-refractivity contribution is -0.115. The molecule has 5 aromatic rings. The summed E-state index contributed by atoms with van der Waals surface area (Å²) in [6, 6.07) is 27.8. The van der Waals surface area contributed by atoms with Gasteiger partial charge in [-0.3, -0.25) is 9.59 Å². The van der Waals surface area contributed by atoms with Gasteiger partial charge in [0.05, 0.1) is 22.4 Å². The second-order valence-corrected chi connectivity index (χ2v) is 11.4. The van der Waals surface area contributed by atoms with Crippen LogP contribution >= 0.6 is 23.1 Å². The van der Waals surface area contributed by atoms with Gasteiger partial charge in [-0.1, -0.05) is 80.2 Å². The summed E-state index contributed by atoms with van der Waals surface area (Å²) in [5.74, 6) is 0.605. The van der Waals surface area contributed by atoms with E-state index in [0.717, 1.165) is 42.3 Å². The molecule has 2 N–H and O–H groups in total. The summed E-state index contributed by atoms with van der Waals surface area (Å²) in [6.45, 7) is 4.29. The topological polar surface area (TPSA) is 71.1 Å². The number of fused-ring (bicyclic) bond motifs is 2. The van der Waals surface area contributed by atoms with Crippen molar-refractivity contribution in [3.05, 3.63) is 96.1 Å². The largest absolute Gasteiger partial charge is 0.326 e. The smallest absolute Gasteiger partial charge is 0.234 e. The van der Waals surface area contributed by atoms with Crippen molar-refractivity contribution in [3.63, 3.8) is 0 Å². The maximum absolute atomic E-state index is 12.8. The normalized spacial score (nSPS) is 11.2. The van der Waals surface area contributed by atoms with Crippen LogP contribution in [0.4, 0.5) is 11.4 Å². The Morgan fingerprint density at radius 3 is 2.41 bits per heavy atom. The summed E-state index contributed by atoms with van der Waals surface area (Å²) in [4.78, 5) is 29.8. The van der Waals surface area contributed by atoms with Crippen LogP contribution in [0.3, 0.4) is 0 Å². The van der Waals surface area contributed by atoms with Gasteiger partial charge in [0.25, 0.3) is 0 Å². The SMILES string of the molecule is CC(C)c1ccc(NC(=O)CSc2nc3ccc(NC(=O)Cc4cccc5ccccc45)cc3s2)cc1. The number of anilines is 2. The third kappa shape index (κ3) is 6.18. The highest BCUT2D eigenvalue weighted by Gasteiger charge is 2.11. The van der Waals surface area contributed by atoms with E-state index in [1.807, 2.05) is 72.8 Å². The lowest BCUT2D eigenvalue weighted by Crippen LogP contribution is -2.14. The van der Waals surface area contributed by atoms with Crippen LogP contribution in [-0.2, 0) is 16.0 Å². The monoisotopic (exact) mass is 525 g/mol. The van der Waals surface area contributed by atoms with Gasteiger partial charge in [0.15, 0.2) is 4.34 Å². The molecule has 1 aromatic heterocycles. The molecule has 0 saturated heterocycles. The number of nitrogens with zero attached hydrogens (tertiary/aromatic N) is 1. The van der Waals surface area contributed by atoms with E-state index < -0.39 is 0 Å². The van der Waals surface area contributed by atoms with Gasteiger partial charge in [0.1, 0.15) is 0 Å². The molecule has 0 saturated carbocycles. The Labute approximate surface area is 224 Å². The molecule has 7 heteroatoms. The van der Waals surface area contributed by atoms with Gasteiger partial charge in [-0.25, -0.2) is 4.98 Å². The molecule has 0 atom stereocenters. The lowest BCUT2D eigenvalue weighted by Gasteiger charge is -2.08. The Hall–Kier alpha value is -3.68. The number of carbonyl (C=O) groups is 2. The van der Waals surface area contributed by atoms with Crippen molar-refractivity contribution in [2.24, 2.45) is 0 Å². The number of nitrogens with one attached hydrogen (secondary N) is 2. The Morgan fingerprint density at radius 2 is 1.59 bits per heavy atom. The minimum atomic E-state index is -0.0667. The Balaban J connectivity index is 1.18. The molecule has 0 aliphatic heterocycles. The highest BCUT2D eigenvalue weighted by Crippen LogP contribution is 2.31. The standard InChI is InChI=1S/C30H27N3O2S2/c1-19(2)20-10-12-23(13-11-20)31-29(35)18-36-30-33-26-15-14-24(17-27(26)37-30)32-28(34)16-22-8-5-7-21-6-3-4-9-25(21)22/h3-15,17,19H,16,18H2,1-2H3,(H,31,35)(H,32,34). The maximum atomic E-state index is 12.8. The minimum Gasteiger partial charge on any atom is -0.326 e. The van der Waals surface area contributed by atoms with Crippen LogP contribution in [0.25, 0.3) is 21.0 Å². The third-order valence-corrected chi connectivity index (χ3v) is 8.23. The predicted octanol–water partition coefficient (Wildman–Crippen LogP) is 7.48. The van der Waals surface area contributed by atoms with Gasteiger partial charge in [0, 0.05) is 11.4 Å². The molecule has 1 heterocycles. The second-order valence-electron chi connectivity index (χ2n) is 9.14. The van der Waals surface area contributed by atoms with Gasteiger partial charge in [-0.15, -0.1) is 11.3 Å². The number of carbonyl (C=O) groups excluding carboxylic acids is 2. The number of rotatable bonds is 8. The number of hydrogen-bond acceptors (Lipinski definition) is 5. The average Bonchev–Trinajstić information content (AvgIpc) is 3.30. The molecule has 2 amide bonds. The van der Waals surface area contributed by atoms with E-state index >= 15 is 0 Å². The average molecular weight is 526 g/mol. The molecule has 5 nitrogen and oxygen atoms in total. The van der Waals surface area contributed by atoms with E-state index in [4.69, 9.17) is 0 Å². The summed E-state index contributed by atoms with van der Waals surface area (Å²) in [5, 5.41) is 8.18. The van der Waals surface area contributed by atoms with Crippen molar-refractivity contribution < 1.29 is 9.59 Å². The van der Waals surface area contributed by atoms with E-state index in [1.54, 1.807) is 0 Å². The van der Waals surface area contributed by atoms with Crippen LogP contribution in [0.5, 0.6) is 0 Å². The second kappa shape index (κ2) is 11.2. The number of thiazole rings is 1. The van der Waals surface area contributed by atoms with Crippen molar-refractivity contribution in [1.29, 1.82) is 0 Å². The predicted molar refractivity (Wildman–Crippen MR) is 156 cm³/mol. The molecular weight excluding hydrogens is 498 g/mol. The minimum absolute atomic E-state index is 0.0621. The van der Waals surface area contributed by atoms with Crippen molar-refractivity contribution >= 4 is 67.3 Å². The van der Waals surface area contributed by atoms with Crippen LogP contribution < -0.4 is 10.6 Å². The quantitative estimate of drug-likeness (QED) is 0.206. The zero-order valence-electron chi connectivity index (χ0n) is 20.7. The lowest BCUT2D eigenvalue weighted by atomic mass is 10.0.